The molecule has 0 aliphatic carbocycles. The minimum Gasteiger partial charge on any atom is -0.497 e. The molecule has 33 heavy (non-hydrogen) atoms. The molecular formula is C27H21ClN2O3. The Morgan fingerprint density at radius 2 is 1.82 bits per heavy atom. The Kier molecular flexibility index (Phi) is 5.48. The fourth-order valence-electron chi connectivity index (χ4n) is 4.08. The predicted molar refractivity (Wildman–Crippen MR) is 129 cm³/mol. The van der Waals surface area contributed by atoms with Crippen LogP contribution >= 0.6 is 11.6 Å². The lowest BCUT2D eigenvalue weighted by molar-refractivity contribution is 0.100. The first-order chi connectivity index (χ1) is 16.0. The van der Waals surface area contributed by atoms with E-state index in [0.717, 1.165) is 27.7 Å². The second kappa shape index (κ2) is 8.60. The number of ketones is 1. The molecule has 0 aliphatic rings. The molecule has 3 aromatic carbocycles. The van der Waals surface area contributed by atoms with Crippen molar-refractivity contribution in [2.75, 3.05) is 7.11 Å². The maximum absolute atomic E-state index is 13.6. The first kappa shape index (κ1) is 21.0. The van der Waals surface area contributed by atoms with E-state index in [-0.39, 0.29) is 11.7 Å². The van der Waals surface area contributed by atoms with Crippen LogP contribution in [0.25, 0.3) is 22.2 Å². The molecule has 0 fully saturated rings. The van der Waals surface area contributed by atoms with Gasteiger partial charge in [0.25, 0.3) is 5.89 Å². The smallest absolute Gasteiger partial charge is 0.268 e. The summed E-state index contributed by atoms with van der Waals surface area (Å²) in [4.78, 5) is 18.1. The average molecular weight is 457 g/mol. The third-order valence-corrected chi connectivity index (χ3v) is 6.03. The minimum absolute atomic E-state index is 0.0605. The van der Waals surface area contributed by atoms with Crippen LogP contribution in [0.4, 0.5) is 0 Å². The van der Waals surface area contributed by atoms with E-state index in [1.165, 1.54) is 6.26 Å². The van der Waals surface area contributed by atoms with Crippen LogP contribution in [0.1, 0.15) is 27.5 Å². The van der Waals surface area contributed by atoms with E-state index in [2.05, 4.69) is 9.55 Å². The summed E-state index contributed by atoms with van der Waals surface area (Å²) < 4.78 is 13.2. The third-order valence-electron chi connectivity index (χ3n) is 5.78. The lowest BCUT2D eigenvalue weighted by Gasteiger charge is -2.09. The molecule has 164 valence electrons. The van der Waals surface area contributed by atoms with Crippen molar-refractivity contribution in [2.45, 2.75) is 13.5 Å². The molecule has 0 atom stereocenters. The maximum Gasteiger partial charge on any atom is 0.268 e. The fourth-order valence-corrected chi connectivity index (χ4v) is 4.20. The zero-order valence-electron chi connectivity index (χ0n) is 18.2. The van der Waals surface area contributed by atoms with E-state index >= 15 is 0 Å². The number of carbonyl (C=O) groups excluding carboxylic acids is 1. The molecule has 0 saturated heterocycles. The van der Waals surface area contributed by atoms with E-state index in [9.17, 15) is 4.79 Å². The Bertz CT molecular complexity index is 1450. The molecule has 2 aromatic heterocycles. The Balaban J connectivity index is 1.61. The van der Waals surface area contributed by atoms with Crippen molar-refractivity contribution in [3.63, 3.8) is 0 Å². The number of methoxy groups -OCH3 is 1. The van der Waals surface area contributed by atoms with Gasteiger partial charge in [0.2, 0.25) is 5.78 Å². The number of nitrogens with zero attached hydrogens (tertiary/aromatic N) is 2. The van der Waals surface area contributed by atoms with Crippen molar-refractivity contribution < 1.29 is 13.9 Å². The minimum atomic E-state index is -0.261. The second-order valence-electron chi connectivity index (χ2n) is 7.79. The number of benzene rings is 3. The highest BCUT2D eigenvalue weighted by Crippen LogP contribution is 2.32. The van der Waals surface area contributed by atoms with Gasteiger partial charge in [-0.1, -0.05) is 54.1 Å². The highest BCUT2D eigenvalue weighted by molar-refractivity contribution is 6.30. The van der Waals surface area contributed by atoms with E-state index in [1.807, 2.05) is 79.7 Å². The number of rotatable bonds is 6. The van der Waals surface area contributed by atoms with Crippen molar-refractivity contribution in [1.29, 1.82) is 0 Å². The molecule has 5 aromatic rings. The molecule has 2 heterocycles. The Hall–Kier alpha value is -3.83. The van der Waals surface area contributed by atoms with Gasteiger partial charge in [0.1, 0.15) is 17.7 Å². The monoisotopic (exact) mass is 456 g/mol. The molecule has 5 nitrogen and oxygen atoms in total. The van der Waals surface area contributed by atoms with Crippen LogP contribution in [0.15, 0.2) is 83.5 Å². The SMILES string of the molecule is COc1ccc2c(c1)c(C(=O)c1nc(-c3ccccc3)co1)c(C)n2Cc1ccc(Cl)cc1. The second-order valence-corrected chi connectivity index (χ2v) is 8.23. The highest BCUT2D eigenvalue weighted by atomic mass is 35.5. The number of hydrogen-bond acceptors (Lipinski definition) is 4. The van der Waals surface area contributed by atoms with Crippen LogP contribution in [0.5, 0.6) is 5.75 Å². The van der Waals surface area contributed by atoms with E-state index < -0.39 is 0 Å². The summed E-state index contributed by atoms with van der Waals surface area (Å²) in [6.45, 7) is 2.54. The van der Waals surface area contributed by atoms with Crippen molar-refractivity contribution in [3.8, 4) is 17.0 Å². The topological polar surface area (TPSA) is 57.3 Å². The summed E-state index contributed by atoms with van der Waals surface area (Å²) in [6, 6.07) is 23.1. The fraction of sp³-hybridized carbons (Fsp3) is 0.111. The Morgan fingerprint density at radius 1 is 1.06 bits per heavy atom. The number of fused-ring (bicyclic) bond motifs is 1. The molecule has 0 spiro atoms. The van der Waals surface area contributed by atoms with Gasteiger partial charge in [-0.15, -0.1) is 0 Å². The summed E-state index contributed by atoms with van der Waals surface area (Å²) in [5.74, 6) is 0.477. The van der Waals surface area contributed by atoms with Gasteiger partial charge in [-0.2, -0.15) is 0 Å². The molecule has 0 amide bonds. The number of ether oxygens (including phenoxy) is 1. The number of hydrogen-bond donors (Lipinski definition) is 0. The molecule has 6 heteroatoms. The van der Waals surface area contributed by atoms with Crippen molar-refractivity contribution >= 4 is 28.3 Å². The van der Waals surface area contributed by atoms with E-state index in [4.69, 9.17) is 20.8 Å². The highest BCUT2D eigenvalue weighted by Gasteiger charge is 2.25. The molecule has 0 radical (unpaired) electrons. The largest absolute Gasteiger partial charge is 0.497 e. The summed E-state index contributed by atoms with van der Waals surface area (Å²) in [5.41, 5.74) is 4.91. The number of oxazole rings is 1. The standard InChI is InChI=1S/C27H21ClN2O3/c1-17-25(26(31)27-29-23(16-33-27)19-6-4-3-5-7-19)22-14-21(32-2)12-13-24(22)30(17)15-18-8-10-20(28)11-9-18/h3-14,16H,15H2,1-2H3. The van der Waals surface area contributed by atoms with Crippen LogP contribution in [0, 0.1) is 6.92 Å². The van der Waals surface area contributed by atoms with Gasteiger partial charge in [0.05, 0.1) is 12.7 Å². The quantitative estimate of drug-likeness (QED) is 0.272. The number of carbonyl (C=O) groups is 1. The first-order valence-corrected chi connectivity index (χ1v) is 10.9. The normalized spacial score (nSPS) is 11.1. The van der Waals surface area contributed by atoms with Crippen LogP contribution in [0.3, 0.4) is 0 Å². The Labute approximate surface area is 196 Å². The zero-order chi connectivity index (χ0) is 22.9. The van der Waals surface area contributed by atoms with Gasteiger partial charge in [0, 0.05) is 33.7 Å². The van der Waals surface area contributed by atoms with Gasteiger partial charge >= 0.3 is 0 Å². The average Bonchev–Trinajstić information content (AvgIpc) is 3.44. The van der Waals surface area contributed by atoms with Crippen molar-refractivity contribution in [1.82, 2.24) is 9.55 Å². The van der Waals surface area contributed by atoms with Gasteiger partial charge in [-0.05, 0) is 42.8 Å². The third kappa shape index (κ3) is 3.92. The van der Waals surface area contributed by atoms with Gasteiger partial charge in [0.15, 0.2) is 0 Å². The van der Waals surface area contributed by atoms with Crippen LogP contribution in [-0.2, 0) is 6.54 Å². The number of halogens is 1. The predicted octanol–water partition coefficient (Wildman–Crippen LogP) is 6.55. The zero-order valence-corrected chi connectivity index (χ0v) is 19.0. The molecule has 0 aliphatic heterocycles. The van der Waals surface area contributed by atoms with Crippen LogP contribution in [-0.4, -0.2) is 22.4 Å². The van der Waals surface area contributed by atoms with E-state index in [1.54, 1.807) is 7.11 Å². The van der Waals surface area contributed by atoms with Crippen molar-refractivity contribution in [3.05, 3.63) is 107 Å². The van der Waals surface area contributed by atoms with Crippen LogP contribution < -0.4 is 4.74 Å². The number of aromatic nitrogens is 2. The van der Waals surface area contributed by atoms with Gasteiger partial charge in [-0.3, -0.25) is 4.79 Å². The lowest BCUT2D eigenvalue weighted by atomic mass is 10.1. The molecular weight excluding hydrogens is 436 g/mol. The van der Waals surface area contributed by atoms with Gasteiger partial charge < -0.3 is 13.7 Å². The van der Waals surface area contributed by atoms with Crippen molar-refractivity contribution in [2.24, 2.45) is 0 Å². The molecule has 0 unspecified atom stereocenters. The summed E-state index contributed by atoms with van der Waals surface area (Å²) >= 11 is 6.05. The van der Waals surface area contributed by atoms with Gasteiger partial charge in [-0.25, -0.2) is 4.98 Å². The molecule has 0 N–H and O–H groups in total. The van der Waals surface area contributed by atoms with E-state index in [0.29, 0.717) is 28.6 Å². The summed E-state index contributed by atoms with van der Waals surface area (Å²) in [5, 5.41) is 1.48. The van der Waals surface area contributed by atoms with Crippen LogP contribution in [0.2, 0.25) is 5.02 Å². The lowest BCUT2D eigenvalue weighted by Crippen LogP contribution is -2.06. The first-order valence-electron chi connectivity index (χ1n) is 10.5. The Morgan fingerprint density at radius 3 is 2.55 bits per heavy atom. The molecule has 0 saturated carbocycles. The molecule has 0 bridgehead atoms. The molecule has 5 rings (SSSR count). The summed E-state index contributed by atoms with van der Waals surface area (Å²) in [7, 11) is 1.61. The maximum atomic E-state index is 13.6. The summed E-state index contributed by atoms with van der Waals surface area (Å²) in [6.07, 6.45) is 1.52.